The molecule has 0 N–H and O–H groups in total. The third-order valence-corrected chi connectivity index (χ3v) is 3.24. The Kier molecular flexibility index (Phi) is 2.99. The van der Waals surface area contributed by atoms with Gasteiger partial charge >= 0.3 is 0 Å². The zero-order valence-corrected chi connectivity index (χ0v) is 11.1. The van der Waals surface area contributed by atoms with Gasteiger partial charge in [-0.2, -0.15) is 0 Å². The summed E-state index contributed by atoms with van der Waals surface area (Å²) >= 11 is 3.42. The molecule has 1 aromatic heterocycles. The van der Waals surface area contributed by atoms with E-state index in [1.165, 1.54) is 0 Å². The molecule has 2 nitrogen and oxygen atoms in total. The van der Waals surface area contributed by atoms with E-state index >= 15 is 0 Å². The van der Waals surface area contributed by atoms with Gasteiger partial charge in [0, 0.05) is 9.86 Å². The maximum atomic E-state index is 5.31. The molecule has 0 aliphatic rings. The fourth-order valence-electron chi connectivity index (χ4n) is 1.78. The van der Waals surface area contributed by atoms with Gasteiger partial charge in [0.25, 0.3) is 0 Å². The van der Waals surface area contributed by atoms with E-state index in [4.69, 9.17) is 4.52 Å². The van der Waals surface area contributed by atoms with Gasteiger partial charge in [0.05, 0.1) is 0 Å². The van der Waals surface area contributed by atoms with Gasteiger partial charge < -0.3 is 4.52 Å². The van der Waals surface area contributed by atoms with Crippen molar-refractivity contribution in [2.24, 2.45) is 0 Å². The van der Waals surface area contributed by atoms with Gasteiger partial charge in [-0.1, -0.05) is 51.4 Å². The number of rotatable bonds is 2. The number of fused-ring (bicyclic) bond motifs is 1. The molecule has 0 fully saturated rings. The van der Waals surface area contributed by atoms with Crippen LogP contribution in [0.3, 0.4) is 0 Å². The van der Waals surface area contributed by atoms with Crippen LogP contribution >= 0.6 is 15.9 Å². The van der Waals surface area contributed by atoms with Crippen LogP contribution in [0.5, 0.6) is 0 Å². The summed E-state index contributed by atoms with van der Waals surface area (Å²) in [5, 5.41) is 5.04. The Morgan fingerprint density at radius 2 is 1.72 bits per heavy atom. The lowest BCUT2D eigenvalue weighted by molar-refractivity contribution is 0.421. The monoisotopic (exact) mass is 299 g/mol. The minimum Gasteiger partial charge on any atom is -0.356 e. The van der Waals surface area contributed by atoms with E-state index in [2.05, 4.69) is 21.1 Å². The first-order valence-corrected chi connectivity index (χ1v) is 6.40. The molecule has 0 saturated carbocycles. The van der Waals surface area contributed by atoms with Crippen molar-refractivity contribution in [2.75, 3.05) is 0 Å². The molecule has 0 atom stereocenters. The Morgan fingerprint density at radius 3 is 2.56 bits per heavy atom. The predicted molar refractivity (Wildman–Crippen MR) is 77.1 cm³/mol. The van der Waals surface area contributed by atoms with Gasteiger partial charge in [-0.05, 0) is 35.9 Å². The Hall–Kier alpha value is -1.87. The second-order valence-corrected chi connectivity index (χ2v) is 4.86. The fraction of sp³-hybridized carbons (Fsp3) is 0. The molecule has 18 heavy (non-hydrogen) atoms. The summed E-state index contributed by atoms with van der Waals surface area (Å²) in [7, 11) is 0. The van der Waals surface area contributed by atoms with E-state index in [1.807, 2.05) is 60.7 Å². The first kappa shape index (κ1) is 11.2. The molecule has 3 heteroatoms. The minimum atomic E-state index is 0.786. The first-order valence-electron chi connectivity index (χ1n) is 5.61. The van der Waals surface area contributed by atoms with Crippen LogP contribution in [0, 0.1) is 0 Å². The molecule has 0 spiro atoms. The zero-order valence-electron chi connectivity index (χ0n) is 9.51. The van der Waals surface area contributed by atoms with Crippen LogP contribution in [0.2, 0.25) is 0 Å². The van der Waals surface area contributed by atoms with Crippen molar-refractivity contribution >= 4 is 39.0 Å². The van der Waals surface area contributed by atoms with Gasteiger partial charge in [0.1, 0.15) is 5.52 Å². The van der Waals surface area contributed by atoms with Crippen molar-refractivity contribution in [1.82, 2.24) is 5.16 Å². The van der Waals surface area contributed by atoms with Crippen molar-refractivity contribution in [2.45, 2.75) is 0 Å². The predicted octanol–water partition coefficient (Wildman–Crippen LogP) is 4.76. The van der Waals surface area contributed by atoms with Gasteiger partial charge in [-0.25, -0.2) is 0 Å². The van der Waals surface area contributed by atoms with Gasteiger partial charge in [0.2, 0.25) is 0 Å². The molecule has 88 valence electrons. The lowest BCUT2D eigenvalue weighted by Gasteiger charge is -1.93. The summed E-state index contributed by atoms with van der Waals surface area (Å²) in [6, 6.07) is 16.0. The third-order valence-electron chi connectivity index (χ3n) is 2.71. The van der Waals surface area contributed by atoms with E-state index in [1.54, 1.807) is 0 Å². The number of aromatic nitrogens is 1. The number of hydrogen-bond acceptors (Lipinski definition) is 2. The molecular formula is C15H10BrNO. The molecule has 0 bridgehead atoms. The largest absolute Gasteiger partial charge is 0.356 e. The summed E-state index contributed by atoms with van der Waals surface area (Å²) in [6.07, 6.45) is 3.96. The number of halogens is 1. The topological polar surface area (TPSA) is 26.0 Å². The summed E-state index contributed by atoms with van der Waals surface area (Å²) in [5.41, 5.74) is 2.01. The summed E-state index contributed by atoms with van der Waals surface area (Å²) in [6.45, 7) is 0. The standard InChI is InChI=1S/C15H10BrNO/c16-12-8-5-11(6-9-12)7-10-15-13-3-1-2-4-14(13)17-18-15/h1-10H/b10-7+. The molecule has 0 amide bonds. The summed E-state index contributed by atoms with van der Waals surface area (Å²) in [4.78, 5) is 0. The van der Waals surface area contributed by atoms with Crippen molar-refractivity contribution in [3.8, 4) is 0 Å². The minimum absolute atomic E-state index is 0.786. The van der Waals surface area contributed by atoms with Crippen LogP contribution in [0.15, 0.2) is 57.5 Å². The van der Waals surface area contributed by atoms with E-state index in [9.17, 15) is 0 Å². The fourth-order valence-corrected chi connectivity index (χ4v) is 2.04. The molecule has 0 aliphatic carbocycles. The highest BCUT2D eigenvalue weighted by Crippen LogP contribution is 2.20. The first-order chi connectivity index (χ1) is 8.83. The van der Waals surface area contributed by atoms with Crippen molar-refractivity contribution in [1.29, 1.82) is 0 Å². The van der Waals surface area contributed by atoms with Gasteiger partial charge in [-0.3, -0.25) is 0 Å². The van der Waals surface area contributed by atoms with Crippen LogP contribution in [-0.4, -0.2) is 5.16 Å². The van der Waals surface area contributed by atoms with Crippen LogP contribution in [0.25, 0.3) is 23.1 Å². The van der Waals surface area contributed by atoms with Gasteiger partial charge in [-0.15, -0.1) is 0 Å². The zero-order chi connectivity index (χ0) is 12.4. The molecule has 0 radical (unpaired) electrons. The maximum absolute atomic E-state index is 5.31. The van der Waals surface area contributed by atoms with E-state index < -0.39 is 0 Å². The average Bonchev–Trinajstić information content (AvgIpc) is 2.82. The molecule has 0 saturated heterocycles. The number of benzene rings is 2. The third kappa shape index (κ3) is 2.22. The molecule has 1 heterocycles. The highest BCUT2D eigenvalue weighted by Gasteiger charge is 2.03. The van der Waals surface area contributed by atoms with Crippen LogP contribution < -0.4 is 0 Å². The molecule has 0 aliphatic heterocycles. The summed E-state index contributed by atoms with van der Waals surface area (Å²) < 4.78 is 6.39. The van der Waals surface area contributed by atoms with E-state index in [0.717, 1.165) is 26.7 Å². The maximum Gasteiger partial charge on any atom is 0.167 e. The second-order valence-electron chi connectivity index (χ2n) is 3.95. The molecule has 0 unspecified atom stereocenters. The molecular weight excluding hydrogens is 290 g/mol. The molecule has 3 rings (SSSR count). The van der Waals surface area contributed by atoms with Crippen molar-refractivity contribution < 1.29 is 4.52 Å². The summed E-state index contributed by atoms with van der Waals surface area (Å²) in [5.74, 6) is 0.786. The average molecular weight is 300 g/mol. The quantitative estimate of drug-likeness (QED) is 0.682. The smallest absolute Gasteiger partial charge is 0.167 e. The lowest BCUT2D eigenvalue weighted by Crippen LogP contribution is -1.71. The van der Waals surface area contributed by atoms with Crippen LogP contribution in [0.4, 0.5) is 0 Å². The number of hydrogen-bond donors (Lipinski definition) is 0. The highest BCUT2D eigenvalue weighted by molar-refractivity contribution is 9.10. The van der Waals surface area contributed by atoms with Crippen LogP contribution in [-0.2, 0) is 0 Å². The van der Waals surface area contributed by atoms with Gasteiger partial charge in [0.15, 0.2) is 5.76 Å². The Bertz CT molecular complexity index is 698. The SMILES string of the molecule is Brc1ccc(/C=C/c2onc3ccccc23)cc1. The lowest BCUT2D eigenvalue weighted by atomic mass is 10.1. The van der Waals surface area contributed by atoms with E-state index in [-0.39, 0.29) is 0 Å². The normalized spacial score (nSPS) is 11.4. The molecule has 2 aromatic carbocycles. The highest BCUT2D eigenvalue weighted by atomic mass is 79.9. The van der Waals surface area contributed by atoms with Crippen LogP contribution in [0.1, 0.15) is 11.3 Å². The Morgan fingerprint density at radius 1 is 0.944 bits per heavy atom. The van der Waals surface area contributed by atoms with Crippen molar-refractivity contribution in [3.63, 3.8) is 0 Å². The van der Waals surface area contributed by atoms with Crippen molar-refractivity contribution in [3.05, 3.63) is 64.3 Å². The van der Waals surface area contributed by atoms with E-state index in [0.29, 0.717) is 0 Å². The Balaban J connectivity index is 1.94. The molecule has 3 aromatic rings. The second kappa shape index (κ2) is 4.78. The number of nitrogens with zero attached hydrogens (tertiary/aromatic N) is 1. The Labute approximate surface area is 113 Å².